The zero-order valence-corrected chi connectivity index (χ0v) is 20.4. The van der Waals surface area contributed by atoms with Crippen LogP contribution in [0.1, 0.15) is 32.6 Å². The van der Waals surface area contributed by atoms with Crippen molar-refractivity contribution in [3.05, 3.63) is 97.7 Å². The molecule has 0 saturated heterocycles. The molecule has 1 aliphatic heterocycles. The van der Waals surface area contributed by atoms with Crippen molar-refractivity contribution in [2.24, 2.45) is 4.99 Å². The predicted octanol–water partition coefficient (Wildman–Crippen LogP) is 5.48. The molecule has 1 aliphatic rings. The van der Waals surface area contributed by atoms with Crippen LogP contribution in [0.3, 0.4) is 0 Å². The number of carbonyl (C=O) groups excluding carboxylic acids is 2. The van der Waals surface area contributed by atoms with E-state index in [9.17, 15) is 9.59 Å². The van der Waals surface area contributed by atoms with Gasteiger partial charge in [0.1, 0.15) is 0 Å². The number of cyclic esters (lactones) is 1. The maximum Gasteiger partial charge on any atom is 0.363 e. The number of nitrogens with zero attached hydrogens (tertiary/aromatic N) is 1. The number of aryl methyl sites for hydroxylation is 2. The highest BCUT2D eigenvalue weighted by atomic mass is 127. The van der Waals surface area contributed by atoms with Gasteiger partial charge in [-0.05, 0) is 84.0 Å². The summed E-state index contributed by atoms with van der Waals surface area (Å²) in [6.07, 6.45) is 1.62. The normalized spacial score (nSPS) is 14.1. The van der Waals surface area contributed by atoms with Crippen LogP contribution in [0, 0.1) is 17.4 Å². The van der Waals surface area contributed by atoms with Gasteiger partial charge in [0, 0.05) is 5.56 Å². The lowest BCUT2D eigenvalue weighted by molar-refractivity contribution is -0.129. The highest BCUT2D eigenvalue weighted by Gasteiger charge is 2.25. The topological polar surface area (TPSA) is 74.2 Å². The maximum absolute atomic E-state index is 12.6. The highest BCUT2D eigenvalue weighted by molar-refractivity contribution is 14.1. The minimum Gasteiger partial charge on any atom is -0.493 e. The lowest BCUT2D eigenvalue weighted by atomic mass is 10.1. The second-order valence-corrected chi connectivity index (χ2v) is 8.61. The largest absolute Gasteiger partial charge is 0.493 e. The third-order valence-electron chi connectivity index (χ3n) is 5.00. The monoisotopic (exact) mass is 553 g/mol. The molecule has 0 radical (unpaired) electrons. The molecule has 7 heteroatoms. The Kier molecular flexibility index (Phi) is 6.60. The van der Waals surface area contributed by atoms with Gasteiger partial charge in [0.05, 0.1) is 16.2 Å². The molecule has 0 atom stereocenters. The van der Waals surface area contributed by atoms with Gasteiger partial charge in [-0.15, -0.1) is 0 Å². The molecule has 166 valence electrons. The minimum absolute atomic E-state index is 0.176. The van der Waals surface area contributed by atoms with Crippen LogP contribution in [-0.4, -0.2) is 24.9 Å². The van der Waals surface area contributed by atoms with E-state index < -0.39 is 11.9 Å². The molecule has 0 aliphatic carbocycles. The SMILES string of the molecule is COc1cc(/C=C2\N=C(c3ccccc3C)OC2=O)cc(I)c1OC(=O)c1cccc(C)c1. The van der Waals surface area contributed by atoms with E-state index in [4.69, 9.17) is 14.2 Å². The summed E-state index contributed by atoms with van der Waals surface area (Å²) in [5, 5.41) is 0. The second-order valence-electron chi connectivity index (χ2n) is 7.44. The quantitative estimate of drug-likeness (QED) is 0.181. The molecule has 33 heavy (non-hydrogen) atoms. The number of aliphatic imine (C=N–C) groups is 1. The van der Waals surface area contributed by atoms with Crippen molar-refractivity contribution in [1.82, 2.24) is 0 Å². The van der Waals surface area contributed by atoms with E-state index in [1.54, 1.807) is 36.4 Å². The van der Waals surface area contributed by atoms with Crippen molar-refractivity contribution >= 4 is 46.5 Å². The molecule has 0 aromatic heterocycles. The third-order valence-corrected chi connectivity index (χ3v) is 5.80. The number of hydrogen-bond donors (Lipinski definition) is 0. The van der Waals surface area contributed by atoms with Crippen LogP contribution in [0.15, 0.2) is 71.4 Å². The maximum atomic E-state index is 12.6. The number of ether oxygens (including phenoxy) is 3. The number of hydrogen-bond acceptors (Lipinski definition) is 6. The molecule has 0 bridgehead atoms. The summed E-state index contributed by atoms with van der Waals surface area (Å²) in [6.45, 7) is 3.84. The summed E-state index contributed by atoms with van der Waals surface area (Å²) in [5.41, 5.74) is 3.97. The summed E-state index contributed by atoms with van der Waals surface area (Å²) < 4.78 is 17.1. The Balaban J connectivity index is 1.64. The van der Waals surface area contributed by atoms with E-state index in [1.807, 2.05) is 44.2 Å². The van der Waals surface area contributed by atoms with Crippen molar-refractivity contribution in [2.45, 2.75) is 13.8 Å². The number of halogens is 1. The summed E-state index contributed by atoms with van der Waals surface area (Å²) in [6, 6.07) is 18.2. The molecule has 1 heterocycles. The molecule has 0 saturated carbocycles. The van der Waals surface area contributed by atoms with Crippen molar-refractivity contribution in [3.63, 3.8) is 0 Å². The first-order valence-electron chi connectivity index (χ1n) is 10.1. The van der Waals surface area contributed by atoms with Gasteiger partial charge in [0.25, 0.3) is 0 Å². The van der Waals surface area contributed by atoms with E-state index >= 15 is 0 Å². The van der Waals surface area contributed by atoms with Gasteiger partial charge in [-0.1, -0.05) is 35.9 Å². The molecule has 3 aromatic carbocycles. The van der Waals surface area contributed by atoms with E-state index in [0.29, 0.717) is 26.2 Å². The summed E-state index contributed by atoms with van der Waals surface area (Å²) in [5.74, 6) is -0.0613. The number of carbonyl (C=O) groups is 2. The van der Waals surface area contributed by atoms with Crippen LogP contribution in [0.25, 0.3) is 6.08 Å². The summed E-state index contributed by atoms with van der Waals surface area (Å²) in [4.78, 5) is 29.4. The minimum atomic E-state index is -0.530. The molecule has 0 amide bonds. The van der Waals surface area contributed by atoms with Crippen LogP contribution < -0.4 is 9.47 Å². The Labute approximate surface area is 205 Å². The van der Waals surface area contributed by atoms with E-state index in [-0.39, 0.29) is 11.6 Å². The molecule has 0 fully saturated rings. The van der Waals surface area contributed by atoms with Gasteiger partial charge >= 0.3 is 11.9 Å². The number of methoxy groups -OCH3 is 1. The zero-order valence-electron chi connectivity index (χ0n) is 18.2. The van der Waals surface area contributed by atoms with Crippen LogP contribution >= 0.6 is 22.6 Å². The molecular formula is C26H20INO5. The lowest BCUT2D eigenvalue weighted by Crippen LogP contribution is -2.10. The first-order valence-corrected chi connectivity index (χ1v) is 11.2. The Hall–Kier alpha value is -3.46. The number of benzene rings is 3. The fraction of sp³-hybridized carbons (Fsp3) is 0.115. The average molecular weight is 553 g/mol. The number of rotatable bonds is 5. The van der Waals surface area contributed by atoms with Crippen molar-refractivity contribution in [1.29, 1.82) is 0 Å². The van der Waals surface area contributed by atoms with Gasteiger partial charge in [0.2, 0.25) is 5.90 Å². The first-order chi connectivity index (χ1) is 15.9. The van der Waals surface area contributed by atoms with Gasteiger partial charge in [0.15, 0.2) is 17.2 Å². The van der Waals surface area contributed by atoms with Gasteiger partial charge in [-0.2, -0.15) is 0 Å². The zero-order chi connectivity index (χ0) is 23.5. The van der Waals surface area contributed by atoms with Crippen LogP contribution in [0.5, 0.6) is 11.5 Å². The Bertz CT molecular complexity index is 1330. The molecular weight excluding hydrogens is 533 g/mol. The van der Waals surface area contributed by atoms with Gasteiger partial charge in [-0.25, -0.2) is 14.6 Å². The van der Waals surface area contributed by atoms with Crippen molar-refractivity contribution in [2.75, 3.05) is 7.11 Å². The van der Waals surface area contributed by atoms with Crippen molar-refractivity contribution < 1.29 is 23.8 Å². The fourth-order valence-corrected chi connectivity index (χ4v) is 4.08. The molecule has 6 nitrogen and oxygen atoms in total. The van der Waals surface area contributed by atoms with Gasteiger partial charge < -0.3 is 14.2 Å². The Morgan fingerprint density at radius 3 is 2.58 bits per heavy atom. The van der Waals surface area contributed by atoms with Crippen molar-refractivity contribution in [3.8, 4) is 11.5 Å². The predicted molar refractivity (Wildman–Crippen MR) is 134 cm³/mol. The van der Waals surface area contributed by atoms with E-state index in [2.05, 4.69) is 27.6 Å². The van der Waals surface area contributed by atoms with Gasteiger partial charge in [-0.3, -0.25) is 0 Å². The fourth-order valence-electron chi connectivity index (χ4n) is 3.34. The highest BCUT2D eigenvalue weighted by Crippen LogP contribution is 2.35. The van der Waals surface area contributed by atoms with Crippen LogP contribution in [-0.2, 0) is 9.53 Å². The summed E-state index contributed by atoms with van der Waals surface area (Å²) >= 11 is 2.07. The van der Waals surface area contributed by atoms with E-state index in [1.165, 1.54) is 7.11 Å². The molecule has 0 N–H and O–H groups in total. The molecule has 3 aromatic rings. The van der Waals surface area contributed by atoms with Crippen LogP contribution in [0.4, 0.5) is 0 Å². The lowest BCUT2D eigenvalue weighted by Gasteiger charge is -2.12. The smallest absolute Gasteiger partial charge is 0.363 e. The number of esters is 2. The Morgan fingerprint density at radius 1 is 1.06 bits per heavy atom. The second kappa shape index (κ2) is 9.58. The molecule has 4 rings (SSSR count). The molecule has 0 spiro atoms. The first kappa shape index (κ1) is 22.7. The third kappa shape index (κ3) is 4.98. The van der Waals surface area contributed by atoms with Crippen LogP contribution in [0.2, 0.25) is 0 Å². The standard InChI is InChI=1S/C26H20INO5/c1-15-7-6-9-18(11-15)25(29)32-23-20(27)12-17(14-22(23)31-3)13-21-26(30)33-24(28-21)19-10-5-4-8-16(19)2/h4-14H,1-3H3/b21-13-. The summed E-state index contributed by atoms with van der Waals surface area (Å²) in [7, 11) is 1.49. The Morgan fingerprint density at radius 2 is 1.85 bits per heavy atom. The van der Waals surface area contributed by atoms with E-state index in [0.717, 1.165) is 16.7 Å². The molecule has 0 unspecified atom stereocenters. The average Bonchev–Trinajstić information content (AvgIpc) is 3.15.